The third-order valence-electron chi connectivity index (χ3n) is 4.08. The Bertz CT molecular complexity index is 875. The van der Waals surface area contributed by atoms with Gasteiger partial charge in [0.05, 0.1) is 16.1 Å². The molecule has 0 saturated heterocycles. The molecule has 3 aromatic rings. The topological polar surface area (TPSA) is 42.0 Å². The molecule has 2 aromatic carbocycles. The van der Waals surface area contributed by atoms with Crippen LogP contribution in [0.25, 0.3) is 10.9 Å². The van der Waals surface area contributed by atoms with Gasteiger partial charge < -0.3 is 5.32 Å². The van der Waals surface area contributed by atoms with E-state index in [1.807, 2.05) is 48.5 Å². The number of hydrogen-bond donors (Lipinski definition) is 1. The summed E-state index contributed by atoms with van der Waals surface area (Å²) in [5.41, 5.74) is 2.85. The fourth-order valence-corrected chi connectivity index (χ4v) is 3.51. The van der Waals surface area contributed by atoms with Gasteiger partial charge in [0.15, 0.2) is 0 Å². The number of benzene rings is 2. The van der Waals surface area contributed by atoms with Crippen LogP contribution in [-0.2, 0) is 5.75 Å². The van der Waals surface area contributed by atoms with Gasteiger partial charge in [-0.25, -0.2) is 4.98 Å². The largest absolute Gasteiger partial charge is 0.349 e. The number of thioether (sulfide) groups is 1. The fraction of sp³-hybridized carbons (Fsp3) is 0.200. The Labute approximate surface area is 145 Å². The highest BCUT2D eigenvalue weighted by Gasteiger charge is 2.25. The minimum Gasteiger partial charge on any atom is -0.349 e. The molecule has 1 saturated carbocycles. The zero-order chi connectivity index (χ0) is 16.4. The van der Waals surface area contributed by atoms with Crippen LogP contribution in [0.15, 0.2) is 65.7 Å². The molecule has 1 N–H and O–H groups in total. The Morgan fingerprint density at radius 1 is 1.08 bits per heavy atom. The average Bonchev–Trinajstić information content (AvgIpc) is 3.44. The van der Waals surface area contributed by atoms with Crippen molar-refractivity contribution in [3.63, 3.8) is 0 Å². The van der Waals surface area contributed by atoms with Crippen molar-refractivity contribution < 1.29 is 4.79 Å². The molecule has 1 aliphatic carbocycles. The summed E-state index contributed by atoms with van der Waals surface area (Å²) >= 11 is 1.66. The summed E-state index contributed by atoms with van der Waals surface area (Å²) in [5, 5.41) is 4.89. The molecule has 0 aliphatic heterocycles. The number of para-hydroxylation sites is 1. The summed E-state index contributed by atoms with van der Waals surface area (Å²) < 4.78 is 0. The summed E-state index contributed by atoms with van der Waals surface area (Å²) in [5.74, 6) is 0.855. The van der Waals surface area contributed by atoms with Gasteiger partial charge in [-0.05, 0) is 30.5 Å². The predicted molar refractivity (Wildman–Crippen MR) is 98.2 cm³/mol. The van der Waals surface area contributed by atoms with E-state index in [0.717, 1.165) is 40.1 Å². The highest BCUT2D eigenvalue weighted by atomic mass is 32.2. The van der Waals surface area contributed by atoms with Crippen LogP contribution >= 0.6 is 11.8 Å². The van der Waals surface area contributed by atoms with E-state index in [-0.39, 0.29) is 5.91 Å². The Morgan fingerprint density at radius 3 is 2.62 bits per heavy atom. The normalized spacial score (nSPS) is 13.8. The van der Waals surface area contributed by atoms with Gasteiger partial charge in [0.2, 0.25) is 0 Å². The summed E-state index contributed by atoms with van der Waals surface area (Å²) in [4.78, 5) is 17.3. The number of carbonyl (C=O) groups is 1. The molecule has 0 unspecified atom stereocenters. The van der Waals surface area contributed by atoms with E-state index in [1.54, 1.807) is 11.8 Å². The van der Waals surface area contributed by atoms with Crippen molar-refractivity contribution >= 4 is 28.6 Å². The first-order chi connectivity index (χ1) is 11.8. The van der Waals surface area contributed by atoms with Crippen molar-refractivity contribution in [2.75, 3.05) is 0 Å². The third-order valence-corrected chi connectivity index (χ3v) is 5.06. The maximum atomic E-state index is 12.6. The lowest BCUT2D eigenvalue weighted by Crippen LogP contribution is -2.25. The summed E-state index contributed by atoms with van der Waals surface area (Å²) in [7, 11) is 0. The number of hydrogen-bond acceptors (Lipinski definition) is 3. The molecule has 1 fully saturated rings. The van der Waals surface area contributed by atoms with Crippen LogP contribution in [0.5, 0.6) is 0 Å². The molecule has 3 nitrogen and oxygen atoms in total. The van der Waals surface area contributed by atoms with Crippen LogP contribution in [0.4, 0.5) is 0 Å². The van der Waals surface area contributed by atoms with E-state index in [2.05, 4.69) is 17.4 Å². The Kier molecular flexibility index (Phi) is 4.22. The first-order valence-electron chi connectivity index (χ1n) is 8.17. The Hall–Kier alpha value is -2.33. The summed E-state index contributed by atoms with van der Waals surface area (Å²) in [6.07, 6.45) is 2.18. The summed E-state index contributed by atoms with van der Waals surface area (Å²) in [6.45, 7) is 0. The second kappa shape index (κ2) is 6.65. The predicted octanol–water partition coefficient (Wildman–Crippen LogP) is 4.42. The van der Waals surface area contributed by atoms with Crippen molar-refractivity contribution in [1.82, 2.24) is 10.3 Å². The number of nitrogens with zero attached hydrogens (tertiary/aromatic N) is 1. The van der Waals surface area contributed by atoms with Crippen molar-refractivity contribution in [3.05, 3.63) is 71.8 Å². The monoisotopic (exact) mass is 334 g/mol. The van der Waals surface area contributed by atoms with E-state index in [1.165, 1.54) is 5.56 Å². The molecule has 120 valence electrons. The lowest BCUT2D eigenvalue weighted by molar-refractivity contribution is 0.0952. The number of pyridine rings is 1. The molecular weight excluding hydrogens is 316 g/mol. The Morgan fingerprint density at radius 2 is 1.83 bits per heavy atom. The van der Waals surface area contributed by atoms with Gasteiger partial charge in [-0.3, -0.25) is 4.79 Å². The van der Waals surface area contributed by atoms with Crippen LogP contribution < -0.4 is 5.32 Å². The van der Waals surface area contributed by atoms with E-state index in [9.17, 15) is 4.79 Å². The number of aromatic nitrogens is 1. The van der Waals surface area contributed by atoms with E-state index < -0.39 is 0 Å². The van der Waals surface area contributed by atoms with E-state index in [4.69, 9.17) is 4.98 Å². The lowest BCUT2D eigenvalue weighted by Gasteiger charge is -2.10. The molecule has 24 heavy (non-hydrogen) atoms. The van der Waals surface area contributed by atoms with Crippen molar-refractivity contribution in [2.24, 2.45) is 0 Å². The van der Waals surface area contributed by atoms with Crippen molar-refractivity contribution in [1.29, 1.82) is 0 Å². The van der Waals surface area contributed by atoms with Crippen LogP contribution in [0, 0.1) is 0 Å². The second-order valence-electron chi connectivity index (χ2n) is 6.05. The average molecular weight is 334 g/mol. The van der Waals surface area contributed by atoms with Gasteiger partial charge in [0.1, 0.15) is 0 Å². The molecule has 1 amide bonds. The molecule has 0 radical (unpaired) electrons. The third kappa shape index (κ3) is 3.44. The van der Waals surface area contributed by atoms with Gasteiger partial charge >= 0.3 is 0 Å². The molecule has 0 bridgehead atoms. The van der Waals surface area contributed by atoms with Crippen molar-refractivity contribution in [3.8, 4) is 0 Å². The highest BCUT2D eigenvalue weighted by molar-refractivity contribution is 7.98. The van der Waals surface area contributed by atoms with Gasteiger partial charge in [-0.2, -0.15) is 0 Å². The number of fused-ring (bicyclic) bond motifs is 1. The SMILES string of the molecule is O=C(NC1CC1)c1cc(SCc2ccccc2)nc2ccccc12. The zero-order valence-electron chi connectivity index (χ0n) is 13.2. The first-order valence-corrected chi connectivity index (χ1v) is 9.15. The van der Waals surface area contributed by atoms with Gasteiger partial charge in [0.25, 0.3) is 5.91 Å². The zero-order valence-corrected chi connectivity index (χ0v) is 14.1. The Balaban J connectivity index is 1.64. The smallest absolute Gasteiger partial charge is 0.252 e. The highest BCUT2D eigenvalue weighted by Crippen LogP contribution is 2.27. The number of nitrogens with one attached hydrogen (secondary N) is 1. The number of rotatable bonds is 5. The molecule has 0 spiro atoms. The molecule has 1 aromatic heterocycles. The first kappa shape index (κ1) is 15.2. The second-order valence-corrected chi connectivity index (χ2v) is 7.04. The summed E-state index contributed by atoms with van der Waals surface area (Å²) in [6, 6.07) is 20.4. The molecular formula is C20H18N2OS. The molecule has 4 heteroatoms. The fourth-order valence-electron chi connectivity index (χ4n) is 2.64. The van der Waals surface area contributed by atoms with Crippen LogP contribution in [0.3, 0.4) is 0 Å². The van der Waals surface area contributed by atoms with Gasteiger partial charge in [0, 0.05) is 17.2 Å². The van der Waals surface area contributed by atoms with Crippen molar-refractivity contribution in [2.45, 2.75) is 29.7 Å². The molecule has 1 aliphatic rings. The van der Waals surface area contributed by atoms with Gasteiger partial charge in [-0.15, -0.1) is 11.8 Å². The van der Waals surface area contributed by atoms with Crippen LogP contribution in [0.1, 0.15) is 28.8 Å². The van der Waals surface area contributed by atoms with E-state index >= 15 is 0 Å². The van der Waals surface area contributed by atoms with E-state index in [0.29, 0.717) is 6.04 Å². The van der Waals surface area contributed by atoms with Crippen LogP contribution in [0.2, 0.25) is 0 Å². The number of amides is 1. The standard InChI is InChI=1S/C20H18N2OS/c23-20(21-15-10-11-15)17-12-19(22-18-9-5-4-8-16(17)18)24-13-14-6-2-1-3-7-14/h1-9,12,15H,10-11,13H2,(H,21,23). The molecule has 1 heterocycles. The lowest BCUT2D eigenvalue weighted by atomic mass is 10.1. The van der Waals surface area contributed by atoms with Crippen LogP contribution in [-0.4, -0.2) is 16.9 Å². The number of carbonyl (C=O) groups excluding carboxylic acids is 1. The molecule has 4 rings (SSSR count). The van der Waals surface area contributed by atoms with Gasteiger partial charge in [-0.1, -0.05) is 48.5 Å². The maximum absolute atomic E-state index is 12.6. The minimum atomic E-state index is 0.0117. The maximum Gasteiger partial charge on any atom is 0.252 e. The minimum absolute atomic E-state index is 0.0117. The molecule has 0 atom stereocenters. The quantitative estimate of drug-likeness (QED) is 0.702.